The SMILES string of the molecule is N#CC1(C(O)c2ccc3ccccc3c2)CCOC1. The van der Waals surface area contributed by atoms with E-state index < -0.39 is 11.5 Å². The van der Waals surface area contributed by atoms with Crippen molar-refractivity contribution in [1.29, 1.82) is 5.26 Å². The minimum atomic E-state index is -0.803. The second kappa shape index (κ2) is 4.65. The number of fused-ring (bicyclic) bond motifs is 1. The highest BCUT2D eigenvalue weighted by Gasteiger charge is 2.43. The summed E-state index contributed by atoms with van der Waals surface area (Å²) in [7, 11) is 0. The molecule has 2 aromatic rings. The summed E-state index contributed by atoms with van der Waals surface area (Å²) >= 11 is 0. The topological polar surface area (TPSA) is 53.2 Å². The summed E-state index contributed by atoms with van der Waals surface area (Å²) in [5.74, 6) is 0. The second-order valence-corrected chi connectivity index (χ2v) is 5.08. The standard InChI is InChI=1S/C16H15NO2/c17-10-16(7-8-19-11-16)15(18)14-6-5-12-3-1-2-4-13(12)9-14/h1-6,9,15,18H,7-8,11H2. The van der Waals surface area contributed by atoms with Crippen molar-refractivity contribution in [2.24, 2.45) is 5.41 Å². The molecule has 2 unspecified atom stereocenters. The third-order valence-corrected chi connectivity index (χ3v) is 3.89. The molecule has 1 saturated heterocycles. The molecule has 0 amide bonds. The zero-order valence-corrected chi connectivity index (χ0v) is 10.5. The van der Waals surface area contributed by atoms with Gasteiger partial charge in [-0.05, 0) is 28.8 Å². The fraction of sp³-hybridized carbons (Fsp3) is 0.312. The van der Waals surface area contributed by atoms with E-state index in [1.165, 1.54) is 0 Å². The molecular weight excluding hydrogens is 238 g/mol. The van der Waals surface area contributed by atoms with Crippen molar-refractivity contribution in [3.63, 3.8) is 0 Å². The van der Waals surface area contributed by atoms with Crippen LogP contribution >= 0.6 is 0 Å². The summed E-state index contributed by atoms with van der Waals surface area (Å²) < 4.78 is 5.30. The van der Waals surface area contributed by atoms with Gasteiger partial charge < -0.3 is 9.84 Å². The summed E-state index contributed by atoms with van der Waals surface area (Å²) in [5, 5.41) is 22.1. The summed E-state index contributed by atoms with van der Waals surface area (Å²) in [6.07, 6.45) is -0.220. The summed E-state index contributed by atoms with van der Waals surface area (Å²) in [4.78, 5) is 0. The Hall–Kier alpha value is -1.89. The monoisotopic (exact) mass is 253 g/mol. The molecule has 19 heavy (non-hydrogen) atoms. The molecule has 2 aromatic carbocycles. The Kier molecular flexibility index (Phi) is 2.98. The van der Waals surface area contributed by atoms with Crippen LogP contribution < -0.4 is 0 Å². The number of hydrogen-bond acceptors (Lipinski definition) is 3. The van der Waals surface area contributed by atoms with Gasteiger partial charge in [0.25, 0.3) is 0 Å². The summed E-state index contributed by atoms with van der Waals surface area (Å²) in [5.41, 5.74) is -0.0200. The van der Waals surface area contributed by atoms with Crippen LogP contribution in [0.15, 0.2) is 42.5 Å². The molecule has 1 aliphatic heterocycles. The van der Waals surface area contributed by atoms with Crippen molar-refractivity contribution < 1.29 is 9.84 Å². The van der Waals surface area contributed by atoms with Crippen LogP contribution in [-0.2, 0) is 4.74 Å². The van der Waals surface area contributed by atoms with Crippen LogP contribution in [0.1, 0.15) is 18.1 Å². The molecule has 3 rings (SSSR count). The molecule has 3 heteroatoms. The number of ether oxygens (including phenoxy) is 1. The Bertz CT molecular complexity index is 638. The molecule has 1 heterocycles. The Morgan fingerprint density at radius 2 is 2.00 bits per heavy atom. The van der Waals surface area contributed by atoms with Gasteiger partial charge >= 0.3 is 0 Å². The zero-order chi connectivity index (χ0) is 13.3. The molecule has 0 bridgehead atoms. The smallest absolute Gasteiger partial charge is 0.113 e. The predicted molar refractivity (Wildman–Crippen MR) is 72.4 cm³/mol. The lowest BCUT2D eigenvalue weighted by molar-refractivity contribution is 0.0505. The van der Waals surface area contributed by atoms with E-state index in [1.807, 2.05) is 42.5 Å². The van der Waals surface area contributed by atoms with Crippen LogP contribution in [0.3, 0.4) is 0 Å². The third-order valence-electron chi connectivity index (χ3n) is 3.89. The molecule has 1 aliphatic rings. The van der Waals surface area contributed by atoms with E-state index in [1.54, 1.807) is 0 Å². The number of rotatable bonds is 2. The number of nitriles is 1. The van der Waals surface area contributed by atoms with Crippen molar-refractivity contribution in [2.45, 2.75) is 12.5 Å². The van der Waals surface area contributed by atoms with Gasteiger partial charge in [-0.3, -0.25) is 0 Å². The first-order valence-electron chi connectivity index (χ1n) is 6.41. The first-order chi connectivity index (χ1) is 9.25. The molecule has 3 nitrogen and oxygen atoms in total. The molecule has 0 radical (unpaired) electrons. The van der Waals surface area contributed by atoms with E-state index in [9.17, 15) is 10.4 Å². The maximum Gasteiger partial charge on any atom is 0.113 e. The number of aliphatic hydroxyl groups excluding tert-OH is 1. The normalized spacial score (nSPS) is 24.2. The maximum absolute atomic E-state index is 10.5. The maximum atomic E-state index is 10.5. The van der Waals surface area contributed by atoms with Crippen molar-refractivity contribution in [3.05, 3.63) is 48.0 Å². The van der Waals surface area contributed by atoms with Crippen LogP contribution in [0, 0.1) is 16.7 Å². The molecule has 96 valence electrons. The number of nitrogens with zero attached hydrogens (tertiary/aromatic N) is 1. The molecule has 2 atom stereocenters. The van der Waals surface area contributed by atoms with Gasteiger partial charge in [0.1, 0.15) is 5.41 Å². The highest BCUT2D eigenvalue weighted by Crippen LogP contribution is 2.41. The minimum absolute atomic E-state index is 0.303. The summed E-state index contributed by atoms with van der Waals surface area (Å²) in [6.45, 7) is 0.843. The first kappa shape index (κ1) is 12.2. The highest BCUT2D eigenvalue weighted by atomic mass is 16.5. The third kappa shape index (κ3) is 1.99. The van der Waals surface area contributed by atoms with Gasteiger partial charge in [0, 0.05) is 6.61 Å². The highest BCUT2D eigenvalue weighted by molar-refractivity contribution is 5.83. The molecule has 0 spiro atoms. The molecule has 0 saturated carbocycles. The minimum Gasteiger partial charge on any atom is -0.387 e. The molecular formula is C16H15NO2. The Balaban J connectivity index is 2.02. The van der Waals surface area contributed by atoms with Gasteiger partial charge in [-0.2, -0.15) is 5.26 Å². The Labute approximate surface area is 112 Å². The van der Waals surface area contributed by atoms with Crippen LogP contribution in [0.2, 0.25) is 0 Å². The summed E-state index contributed by atoms with van der Waals surface area (Å²) in [6, 6.07) is 16.1. The first-order valence-corrected chi connectivity index (χ1v) is 6.41. The van der Waals surface area contributed by atoms with E-state index in [0.29, 0.717) is 19.6 Å². The number of aliphatic hydroxyl groups is 1. The largest absolute Gasteiger partial charge is 0.387 e. The zero-order valence-electron chi connectivity index (χ0n) is 10.5. The fourth-order valence-electron chi connectivity index (χ4n) is 2.64. The van der Waals surface area contributed by atoms with Crippen LogP contribution in [0.5, 0.6) is 0 Å². The Morgan fingerprint density at radius 3 is 2.68 bits per heavy atom. The molecule has 0 aromatic heterocycles. The van der Waals surface area contributed by atoms with E-state index in [0.717, 1.165) is 16.3 Å². The number of benzene rings is 2. The second-order valence-electron chi connectivity index (χ2n) is 5.08. The lowest BCUT2D eigenvalue weighted by atomic mass is 9.79. The van der Waals surface area contributed by atoms with Gasteiger partial charge in [-0.1, -0.05) is 36.4 Å². The van der Waals surface area contributed by atoms with Crippen molar-refractivity contribution in [1.82, 2.24) is 0 Å². The van der Waals surface area contributed by atoms with Crippen molar-refractivity contribution in [2.75, 3.05) is 13.2 Å². The van der Waals surface area contributed by atoms with E-state index >= 15 is 0 Å². The molecule has 1 fully saturated rings. The average molecular weight is 253 g/mol. The van der Waals surface area contributed by atoms with Gasteiger partial charge in [0.2, 0.25) is 0 Å². The van der Waals surface area contributed by atoms with Crippen LogP contribution in [0.4, 0.5) is 0 Å². The van der Waals surface area contributed by atoms with Crippen LogP contribution in [0.25, 0.3) is 10.8 Å². The fourth-order valence-corrected chi connectivity index (χ4v) is 2.64. The lowest BCUT2D eigenvalue weighted by Gasteiger charge is -2.25. The van der Waals surface area contributed by atoms with Crippen molar-refractivity contribution >= 4 is 10.8 Å². The van der Waals surface area contributed by atoms with E-state index in [-0.39, 0.29) is 0 Å². The van der Waals surface area contributed by atoms with Crippen LogP contribution in [-0.4, -0.2) is 18.3 Å². The van der Waals surface area contributed by atoms with E-state index in [4.69, 9.17) is 4.74 Å². The number of hydrogen-bond donors (Lipinski definition) is 1. The van der Waals surface area contributed by atoms with Gasteiger partial charge in [0.15, 0.2) is 0 Å². The van der Waals surface area contributed by atoms with E-state index in [2.05, 4.69) is 6.07 Å². The van der Waals surface area contributed by atoms with Gasteiger partial charge in [-0.15, -0.1) is 0 Å². The predicted octanol–water partition coefficient (Wildman–Crippen LogP) is 2.80. The van der Waals surface area contributed by atoms with Crippen molar-refractivity contribution in [3.8, 4) is 6.07 Å². The van der Waals surface area contributed by atoms with Gasteiger partial charge in [0.05, 0.1) is 18.8 Å². The van der Waals surface area contributed by atoms with Gasteiger partial charge in [-0.25, -0.2) is 0 Å². The Morgan fingerprint density at radius 1 is 1.21 bits per heavy atom. The molecule has 0 aliphatic carbocycles. The average Bonchev–Trinajstić information content (AvgIpc) is 2.96. The quantitative estimate of drug-likeness (QED) is 0.895. The lowest BCUT2D eigenvalue weighted by Crippen LogP contribution is -2.27. The molecule has 1 N–H and O–H groups in total.